The molecule has 1 amide bonds. The average Bonchev–Trinajstić information content (AvgIpc) is 2.32. The molecule has 1 atom stereocenters. The number of benzene rings is 1. The van der Waals surface area contributed by atoms with E-state index in [1.54, 1.807) is 0 Å². The van der Waals surface area contributed by atoms with Crippen LogP contribution in [0.3, 0.4) is 0 Å². The number of alkyl halides is 5. The zero-order chi connectivity index (χ0) is 16.4. The molecule has 0 aromatic heterocycles. The van der Waals surface area contributed by atoms with Crippen LogP contribution in [0.1, 0.15) is 12.5 Å². The van der Waals surface area contributed by atoms with Gasteiger partial charge in [-0.2, -0.15) is 22.0 Å². The lowest BCUT2D eigenvalue weighted by atomic mass is 10.1. The lowest BCUT2D eigenvalue weighted by Crippen LogP contribution is -2.52. The molecule has 9 heteroatoms. The first-order valence-electron chi connectivity index (χ1n) is 5.65. The molecular weight excluding hydrogens is 307 g/mol. The fourth-order valence-corrected chi connectivity index (χ4v) is 1.53. The van der Waals surface area contributed by atoms with Crippen LogP contribution in [-0.2, 0) is 11.2 Å². The number of hydrogen-bond acceptors (Lipinski definition) is 1. The van der Waals surface area contributed by atoms with Crippen LogP contribution in [0.25, 0.3) is 0 Å². The number of amides is 1. The molecule has 1 aromatic rings. The summed E-state index contributed by atoms with van der Waals surface area (Å²) in [6.45, 7) is 1.05. The summed E-state index contributed by atoms with van der Waals surface area (Å²) < 4.78 is 87.9. The van der Waals surface area contributed by atoms with E-state index >= 15 is 0 Å². The number of carbonyl (C=O) groups excluding carboxylic acids is 1. The van der Waals surface area contributed by atoms with Crippen molar-refractivity contribution < 1.29 is 35.5 Å². The van der Waals surface area contributed by atoms with Crippen LogP contribution in [0.2, 0.25) is 0 Å². The van der Waals surface area contributed by atoms with E-state index < -0.39 is 47.7 Å². The van der Waals surface area contributed by atoms with Crippen LogP contribution in [0.15, 0.2) is 18.2 Å². The Bertz CT molecular complexity index is 507. The summed E-state index contributed by atoms with van der Waals surface area (Å²) in [5.74, 6) is -10.1. The van der Waals surface area contributed by atoms with Crippen LogP contribution in [0, 0.1) is 11.6 Å². The Balaban J connectivity index is 2.79. The topological polar surface area (TPSA) is 29.1 Å². The van der Waals surface area contributed by atoms with E-state index in [4.69, 9.17) is 0 Å². The maximum Gasteiger partial charge on any atom is 0.463 e. The van der Waals surface area contributed by atoms with Crippen LogP contribution in [-0.4, -0.2) is 24.0 Å². The lowest BCUT2D eigenvalue weighted by molar-refractivity contribution is -0.270. The summed E-state index contributed by atoms with van der Waals surface area (Å²) in [4.78, 5) is 10.9. The molecule has 21 heavy (non-hydrogen) atoms. The van der Waals surface area contributed by atoms with E-state index in [-0.39, 0.29) is 0 Å². The molecule has 0 saturated carbocycles. The molecule has 0 saturated heterocycles. The monoisotopic (exact) mass is 317 g/mol. The summed E-state index contributed by atoms with van der Waals surface area (Å²) >= 11 is 0. The van der Waals surface area contributed by atoms with Crippen LogP contribution in [0.5, 0.6) is 0 Å². The van der Waals surface area contributed by atoms with Gasteiger partial charge in [-0.25, -0.2) is 8.78 Å². The third-order valence-corrected chi connectivity index (χ3v) is 2.59. The van der Waals surface area contributed by atoms with Gasteiger partial charge in [-0.1, -0.05) is 6.07 Å². The Morgan fingerprint density at radius 2 is 1.62 bits per heavy atom. The van der Waals surface area contributed by atoms with Crippen molar-refractivity contribution >= 4 is 5.91 Å². The van der Waals surface area contributed by atoms with E-state index in [0.717, 1.165) is 25.1 Å². The predicted octanol–water partition coefficient (Wildman–Crippen LogP) is 3.21. The molecule has 118 valence electrons. The fraction of sp³-hybridized carbons (Fsp3) is 0.417. The van der Waals surface area contributed by atoms with Crippen LogP contribution >= 0.6 is 0 Å². The van der Waals surface area contributed by atoms with Gasteiger partial charge in [0.05, 0.1) is 0 Å². The van der Waals surface area contributed by atoms with Gasteiger partial charge in [0.25, 0.3) is 0 Å². The molecule has 0 aliphatic rings. The van der Waals surface area contributed by atoms with Crippen molar-refractivity contribution in [2.24, 2.45) is 0 Å². The van der Waals surface area contributed by atoms with Gasteiger partial charge in [-0.05, 0) is 25.5 Å². The normalized spacial score (nSPS) is 13.9. The average molecular weight is 317 g/mol. The maximum atomic E-state index is 13.3. The molecule has 0 heterocycles. The zero-order valence-corrected chi connectivity index (χ0v) is 10.6. The minimum absolute atomic E-state index is 0.513. The van der Waals surface area contributed by atoms with E-state index in [9.17, 15) is 35.5 Å². The molecule has 0 fully saturated rings. The Morgan fingerprint density at radius 3 is 2.05 bits per heavy atom. The van der Waals surface area contributed by atoms with E-state index in [1.165, 1.54) is 5.32 Å². The van der Waals surface area contributed by atoms with Gasteiger partial charge in [0.15, 0.2) is 0 Å². The minimum atomic E-state index is -6.04. The van der Waals surface area contributed by atoms with Crippen molar-refractivity contribution in [1.82, 2.24) is 5.32 Å². The fourth-order valence-electron chi connectivity index (χ4n) is 1.53. The molecule has 0 spiro atoms. The Morgan fingerprint density at radius 1 is 1.14 bits per heavy atom. The highest BCUT2D eigenvalue weighted by atomic mass is 19.4. The Hall–Kier alpha value is -1.80. The molecule has 0 bridgehead atoms. The first kappa shape index (κ1) is 17.3. The van der Waals surface area contributed by atoms with Gasteiger partial charge in [0.1, 0.15) is 11.6 Å². The summed E-state index contributed by atoms with van der Waals surface area (Å²) in [6.07, 6.45) is -6.61. The van der Waals surface area contributed by atoms with Crippen molar-refractivity contribution in [2.45, 2.75) is 31.5 Å². The third kappa shape index (κ3) is 3.85. The van der Waals surface area contributed by atoms with Crippen LogP contribution < -0.4 is 5.32 Å². The second-order valence-corrected chi connectivity index (χ2v) is 4.35. The first-order valence-corrected chi connectivity index (χ1v) is 5.65. The van der Waals surface area contributed by atoms with Crippen molar-refractivity contribution in [3.8, 4) is 0 Å². The second kappa shape index (κ2) is 5.90. The number of nitrogens with one attached hydrogen (secondary N) is 1. The van der Waals surface area contributed by atoms with Crippen molar-refractivity contribution in [3.05, 3.63) is 35.4 Å². The van der Waals surface area contributed by atoms with Gasteiger partial charge in [-0.3, -0.25) is 4.79 Å². The van der Waals surface area contributed by atoms with Crippen molar-refractivity contribution in [3.63, 3.8) is 0 Å². The molecule has 2 nitrogen and oxygen atoms in total. The van der Waals surface area contributed by atoms with E-state index in [2.05, 4.69) is 0 Å². The molecule has 0 aliphatic carbocycles. The van der Waals surface area contributed by atoms with Gasteiger partial charge in [0.2, 0.25) is 0 Å². The quantitative estimate of drug-likeness (QED) is 0.849. The second-order valence-electron chi connectivity index (χ2n) is 4.35. The highest BCUT2D eigenvalue weighted by molar-refractivity contribution is 5.84. The first-order chi connectivity index (χ1) is 9.46. The van der Waals surface area contributed by atoms with Crippen LogP contribution in [0.4, 0.5) is 30.7 Å². The smallest absolute Gasteiger partial charge is 0.348 e. The molecular formula is C12H10F7NO. The molecule has 0 aliphatic heterocycles. The predicted molar refractivity (Wildman–Crippen MR) is 58.7 cm³/mol. The third-order valence-electron chi connectivity index (χ3n) is 2.59. The highest BCUT2D eigenvalue weighted by Gasteiger charge is 2.63. The van der Waals surface area contributed by atoms with Gasteiger partial charge < -0.3 is 5.32 Å². The summed E-state index contributed by atoms with van der Waals surface area (Å²) in [6, 6.07) is 1.54. The molecule has 1 rings (SSSR count). The van der Waals surface area contributed by atoms with Gasteiger partial charge >= 0.3 is 18.0 Å². The summed E-state index contributed by atoms with van der Waals surface area (Å²) in [5.41, 5.74) is -0.513. The van der Waals surface area contributed by atoms with Gasteiger partial charge in [-0.15, -0.1) is 0 Å². The highest BCUT2D eigenvalue weighted by Crippen LogP contribution is 2.35. The minimum Gasteiger partial charge on any atom is -0.348 e. The zero-order valence-electron chi connectivity index (χ0n) is 10.6. The summed E-state index contributed by atoms with van der Waals surface area (Å²) in [7, 11) is 0. The lowest BCUT2D eigenvalue weighted by Gasteiger charge is -2.21. The van der Waals surface area contributed by atoms with Crippen molar-refractivity contribution in [1.29, 1.82) is 0 Å². The molecule has 1 unspecified atom stereocenters. The van der Waals surface area contributed by atoms with Gasteiger partial charge in [0, 0.05) is 11.6 Å². The Kier molecular flexibility index (Phi) is 4.85. The van der Waals surface area contributed by atoms with E-state index in [0.29, 0.717) is 0 Å². The molecule has 1 aromatic carbocycles. The largest absolute Gasteiger partial charge is 0.463 e. The molecule has 0 radical (unpaired) electrons. The number of halogens is 7. The maximum absolute atomic E-state index is 13.3. The molecule has 1 N–H and O–H groups in total. The number of hydrogen-bond donors (Lipinski definition) is 1. The van der Waals surface area contributed by atoms with Crippen molar-refractivity contribution in [2.75, 3.05) is 0 Å². The summed E-state index contributed by atoms with van der Waals surface area (Å²) in [5, 5.41) is 1.39. The number of rotatable bonds is 4. The Labute approximate surface area is 114 Å². The van der Waals surface area contributed by atoms with E-state index in [1.807, 2.05) is 0 Å². The number of carbonyl (C=O) groups is 1. The SMILES string of the molecule is CC(Cc1c(F)cccc1F)NC(=O)C(F)(F)C(F)(F)F. The standard InChI is InChI=1S/C12H10F7NO/c1-6(5-7-8(13)3-2-4-9(7)14)20-10(21)11(15,16)12(17,18)19/h2-4,6H,5H2,1H3,(H,20,21).